The second kappa shape index (κ2) is 8.30. The van der Waals surface area contributed by atoms with Crippen LogP contribution in [0.1, 0.15) is 17.0 Å². The quantitative estimate of drug-likeness (QED) is 0.382. The number of aryl methyl sites for hydroxylation is 1. The standard InChI is InChI=1S/C19H16ClN5OS2/c1-11-4-3-5-15(12(11)2)21-18-24-25-19(28-18)27-10-16-22-23-17(26-16)13-6-8-14(20)9-7-13/h3-9H,10H2,1-2H3,(H,21,24). The molecule has 0 bridgehead atoms. The Morgan fingerprint density at radius 3 is 2.68 bits per heavy atom. The van der Waals surface area contributed by atoms with E-state index < -0.39 is 0 Å². The topological polar surface area (TPSA) is 76.7 Å². The molecule has 0 radical (unpaired) electrons. The maximum absolute atomic E-state index is 5.90. The fourth-order valence-electron chi connectivity index (χ4n) is 2.46. The summed E-state index contributed by atoms with van der Waals surface area (Å²) < 4.78 is 6.55. The van der Waals surface area contributed by atoms with Crippen molar-refractivity contribution in [3.63, 3.8) is 0 Å². The van der Waals surface area contributed by atoms with Gasteiger partial charge in [0.05, 0.1) is 5.75 Å². The molecule has 2 aromatic heterocycles. The summed E-state index contributed by atoms with van der Waals surface area (Å²) in [6, 6.07) is 13.4. The van der Waals surface area contributed by atoms with E-state index in [0.717, 1.165) is 20.7 Å². The predicted molar refractivity (Wildman–Crippen MR) is 113 cm³/mol. The molecule has 4 rings (SSSR count). The molecule has 0 unspecified atom stereocenters. The molecule has 4 aromatic rings. The molecule has 0 saturated heterocycles. The van der Waals surface area contributed by atoms with Crippen LogP contribution in [0.5, 0.6) is 0 Å². The fourth-order valence-corrected chi connectivity index (χ4v) is 4.19. The van der Waals surface area contributed by atoms with Crippen LogP contribution >= 0.6 is 34.7 Å². The van der Waals surface area contributed by atoms with Crippen LogP contribution in [0.4, 0.5) is 10.8 Å². The molecule has 0 atom stereocenters. The zero-order valence-electron chi connectivity index (χ0n) is 15.1. The van der Waals surface area contributed by atoms with E-state index in [1.165, 1.54) is 34.2 Å². The zero-order valence-corrected chi connectivity index (χ0v) is 17.5. The van der Waals surface area contributed by atoms with Gasteiger partial charge in [-0.25, -0.2) is 0 Å². The Kier molecular flexibility index (Phi) is 5.61. The number of aromatic nitrogens is 4. The molecule has 0 saturated carbocycles. The minimum Gasteiger partial charge on any atom is -0.420 e. The third-order valence-electron chi connectivity index (χ3n) is 4.13. The summed E-state index contributed by atoms with van der Waals surface area (Å²) >= 11 is 8.91. The average Bonchev–Trinajstić information content (AvgIpc) is 3.34. The van der Waals surface area contributed by atoms with Gasteiger partial charge in [-0.15, -0.1) is 20.4 Å². The van der Waals surface area contributed by atoms with Crippen molar-refractivity contribution >= 4 is 45.5 Å². The van der Waals surface area contributed by atoms with Crippen molar-refractivity contribution in [3.05, 3.63) is 64.5 Å². The maximum Gasteiger partial charge on any atom is 0.247 e. The average molecular weight is 430 g/mol. The van der Waals surface area contributed by atoms with E-state index in [-0.39, 0.29) is 0 Å². The van der Waals surface area contributed by atoms with Gasteiger partial charge in [0.1, 0.15) is 0 Å². The molecule has 0 aliphatic carbocycles. The lowest BCUT2D eigenvalue weighted by Gasteiger charge is -2.08. The van der Waals surface area contributed by atoms with Gasteiger partial charge in [0.2, 0.25) is 16.9 Å². The summed E-state index contributed by atoms with van der Waals surface area (Å²) in [4.78, 5) is 0. The highest BCUT2D eigenvalue weighted by Gasteiger charge is 2.12. The van der Waals surface area contributed by atoms with E-state index in [4.69, 9.17) is 16.0 Å². The lowest BCUT2D eigenvalue weighted by molar-refractivity contribution is 0.528. The molecule has 2 aromatic carbocycles. The SMILES string of the molecule is Cc1cccc(Nc2nnc(SCc3nnc(-c4ccc(Cl)cc4)o3)s2)c1C. The first-order chi connectivity index (χ1) is 13.6. The summed E-state index contributed by atoms with van der Waals surface area (Å²) in [7, 11) is 0. The number of nitrogens with zero attached hydrogens (tertiary/aromatic N) is 4. The number of thioether (sulfide) groups is 1. The van der Waals surface area contributed by atoms with E-state index in [9.17, 15) is 0 Å². The lowest BCUT2D eigenvalue weighted by Crippen LogP contribution is -1.94. The third-order valence-corrected chi connectivity index (χ3v) is 6.34. The minimum atomic E-state index is 0.474. The molecule has 0 fully saturated rings. The molecular formula is C19H16ClN5OS2. The van der Waals surface area contributed by atoms with Crippen molar-refractivity contribution in [2.45, 2.75) is 23.9 Å². The van der Waals surface area contributed by atoms with E-state index >= 15 is 0 Å². The summed E-state index contributed by atoms with van der Waals surface area (Å²) in [5, 5.41) is 21.4. The molecule has 0 aliphatic heterocycles. The highest BCUT2D eigenvalue weighted by atomic mass is 35.5. The van der Waals surface area contributed by atoms with Crippen molar-refractivity contribution in [1.29, 1.82) is 0 Å². The Morgan fingerprint density at radius 2 is 1.86 bits per heavy atom. The van der Waals surface area contributed by atoms with E-state index in [2.05, 4.69) is 45.6 Å². The first kappa shape index (κ1) is 18.9. The molecule has 0 amide bonds. The molecule has 2 heterocycles. The van der Waals surface area contributed by atoms with Crippen LogP contribution in [0.2, 0.25) is 5.02 Å². The van der Waals surface area contributed by atoms with E-state index in [1.54, 1.807) is 12.1 Å². The van der Waals surface area contributed by atoms with Gasteiger partial charge in [-0.05, 0) is 55.3 Å². The first-order valence-electron chi connectivity index (χ1n) is 8.46. The predicted octanol–water partition coefficient (Wildman–Crippen LogP) is 5.89. The van der Waals surface area contributed by atoms with Crippen molar-refractivity contribution in [2.24, 2.45) is 0 Å². The molecule has 9 heteroatoms. The second-order valence-corrected chi connectivity index (χ2v) is 8.68. The van der Waals surface area contributed by atoms with Crippen LogP contribution in [-0.4, -0.2) is 20.4 Å². The summed E-state index contributed by atoms with van der Waals surface area (Å²) in [5.41, 5.74) is 4.31. The van der Waals surface area contributed by atoms with Gasteiger partial charge in [-0.3, -0.25) is 0 Å². The van der Waals surface area contributed by atoms with Gasteiger partial charge in [-0.2, -0.15) is 0 Å². The molecule has 28 heavy (non-hydrogen) atoms. The minimum absolute atomic E-state index is 0.474. The molecule has 142 valence electrons. The van der Waals surface area contributed by atoms with Crippen molar-refractivity contribution in [2.75, 3.05) is 5.32 Å². The van der Waals surface area contributed by atoms with Crippen LogP contribution in [0.3, 0.4) is 0 Å². The summed E-state index contributed by atoms with van der Waals surface area (Å²) in [5.74, 6) is 1.54. The van der Waals surface area contributed by atoms with Gasteiger partial charge >= 0.3 is 0 Å². The van der Waals surface area contributed by atoms with Crippen LogP contribution in [0.25, 0.3) is 11.5 Å². The van der Waals surface area contributed by atoms with Crippen LogP contribution in [-0.2, 0) is 5.75 Å². The maximum atomic E-state index is 5.90. The van der Waals surface area contributed by atoms with E-state index in [1.807, 2.05) is 24.3 Å². The Bertz CT molecular complexity index is 1090. The molecule has 0 spiro atoms. The second-order valence-electron chi connectivity index (χ2n) is 6.04. The highest BCUT2D eigenvalue weighted by molar-refractivity contribution is 8.00. The van der Waals surface area contributed by atoms with Crippen molar-refractivity contribution in [1.82, 2.24) is 20.4 Å². The van der Waals surface area contributed by atoms with Gasteiger partial charge in [0, 0.05) is 16.3 Å². The van der Waals surface area contributed by atoms with Crippen LogP contribution in [0, 0.1) is 13.8 Å². The number of anilines is 2. The van der Waals surface area contributed by atoms with Gasteiger partial charge in [-0.1, -0.05) is 46.8 Å². The lowest BCUT2D eigenvalue weighted by atomic mass is 10.1. The molecule has 0 aliphatic rings. The zero-order chi connectivity index (χ0) is 19.5. The number of hydrogen-bond donors (Lipinski definition) is 1. The first-order valence-corrected chi connectivity index (χ1v) is 10.6. The van der Waals surface area contributed by atoms with Crippen molar-refractivity contribution in [3.8, 4) is 11.5 Å². The number of hydrogen-bond acceptors (Lipinski definition) is 8. The smallest absolute Gasteiger partial charge is 0.247 e. The van der Waals surface area contributed by atoms with Gasteiger partial charge < -0.3 is 9.73 Å². The molecule has 1 N–H and O–H groups in total. The van der Waals surface area contributed by atoms with Gasteiger partial charge in [0.25, 0.3) is 0 Å². The number of rotatable bonds is 6. The largest absolute Gasteiger partial charge is 0.420 e. The molecule has 6 nitrogen and oxygen atoms in total. The Labute approximate surface area is 175 Å². The van der Waals surface area contributed by atoms with Crippen LogP contribution in [0.15, 0.2) is 51.2 Å². The van der Waals surface area contributed by atoms with Crippen molar-refractivity contribution < 1.29 is 4.42 Å². The Hall–Kier alpha value is -2.42. The molecular weight excluding hydrogens is 414 g/mol. The van der Waals surface area contributed by atoms with Crippen LogP contribution < -0.4 is 5.32 Å². The fraction of sp³-hybridized carbons (Fsp3) is 0.158. The highest BCUT2D eigenvalue weighted by Crippen LogP contribution is 2.31. The summed E-state index contributed by atoms with van der Waals surface area (Å²) in [6.45, 7) is 4.17. The Morgan fingerprint density at radius 1 is 1.04 bits per heavy atom. The number of halogens is 1. The monoisotopic (exact) mass is 429 g/mol. The normalized spacial score (nSPS) is 11.0. The van der Waals surface area contributed by atoms with Gasteiger partial charge in [0.15, 0.2) is 4.34 Å². The number of benzene rings is 2. The third kappa shape index (κ3) is 4.35. The number of nitrogens with one attached hydrogen (secondary N) is 1. The summed E-state index contributed by atoms with van der Waals surface area (Å²) in [6.07, 6.45) is 0. The Balaban J connectivity index is 1.38. The van der Waals surface area contributed by atoms with E-state index in [0.29, 0.717) is 22.6 Å².